The lowest BCUT2D eigenvalue weighted by Gasteiger charge is -2.49. The van der Waals surface area contributed by atoms with Gasteiger partial charge in [-0.05, 0) is 35.7 Å². The highest BCUT2D eigenvalue weighted by molar-refractivity contribution is 5.82. The van der Waals surface area contributed by atoms with Crippen molar-refractivity contribution in [1.29, 1.82) is 0 Å². The van der Waals surface area contributed by atoms with Crippen LogP contribution in [0.4, 0.5) is 11.4 Å². The molecule has 0 unspecified atom stereocenters. The molecule has 1 saturated heterocycles. The molecular formula is C26H27N3O. The number of carbonyl (C=O) groups excluding carboxylic acids is 1. The zero-order valence-corrected chi connectivity index (χ0v) is 17.1. The van der Waals surface area contributed by atoms with Gasteiger partial charge in [0.2, 0.25) is 5.91 Å². The minimum absolute atomic E-state index is 0.0601. The Labute approximate surface area is 178 Å². The minimum atomic E-state index is -0.0601. The van der Waals surface area contributed by atoms with E-state index in [9.17, 15) is 4.79 Å². The molecule has 152 valence electrons. The Morgan fingerprint density at radius 1 is 0.867 bits per heavy atom. The Balaban J connectivity index is 1.39. The highest BCUT2D eigenvalue weighted by Gasteiger charge is 2.41. The molecule has 4 nitrogen and oxygen atoms in total. The average Bonchev–Trinajstić information content (AvgIpc) is 2.83. The van der Waals surface area contributed by atoms with E-state index in [2.05, 4.69) is 81.8 Å². The number of anilines is 2. The number of piperazine rings is 1. The van der Waals surface area contributed by atoms with Crippen LogP contribution in [-0.2, 0) is 17.8 Å². The first-order valence-corrected chi connectivity index (χ1v) is 10.8. The van der Waals surface area contributed by atoms with Gasteiger partial charge >= 0.3 is 0 Å². The number of nitrogens with one attached hydrogen (secondary N) is 1. The summed E-state index contributed by atoms with van der Waals surface area (Å²) in [5.74, 6) is 0.0911. The monoisotopic (exact) mass is 397 g/mol. The summed E-state index contributed by atoms with van der Waals surface area (Å²) >= 11 is 0. The molecule has 3 aromatic carbocycles. The Kier molecular flexibility index (Phi) is 5.14. The summed E-state index contributed by atoms with van der Waals surface area (Å²) in [7, 11) is 0. The molecule has 3 aromatic rings. The normalized spacial score (nSPS) is 20.3. The Hall–Kier alpha value is -3.27. The van der Waals surface area contributed by atoms with Gasteiger partial charge in [-0.3, -0.25) is 4.79 Å². The van der Waals surface area contributed by atoms with Crippen LogP contribution >= 0.6 is 0 Å². The van der Waals surface area contributed by atoms with Crippen LogP contribution in [0.1, 0.15) is 11.1 Å². The van der Waals surface area contributed by atoms with Gasteiger partial charge in [0, 0.05) is 37.6 Å². The second-order valence-corrected chi connectivity index (χ2v) is 8.19. The van der Waals surface area contributed by atoms with Crippen LogP contribution in [0.3, 0.4) is 0 Å². The number of fused-ring (bicyclic) bond motifs is 3. The van der Waals surface area contributed by atoms with Crippen molar-refractivity contribution in [3.8, 4) is 0 Å². The molecular weight excluding hydrogens is 370 g/mol. The molecule has 4 heteroatoms. The van der Waals surface area contributed by atoms with Crippen molar-refractivity contribution in [3.63, 3.8) is 0 Å². The summed E-state index contributed by atoms with van der Waals surface area (Å²) in [4.78, 5) is 18.2. The molecule has 1 fully saturated rings. The summed E-state index contributed by atoms with van der Waals surface area (Å²) in [5.41, 5.74) is 4.94. The number of rotatable bonds is 4. The maximum absolute atomic E-state index is 13.3. The van der Waals surface area contributed by atoms with Crippen LogP contribution in [0.15, 0.2) is 84.9 Å². The topological polar surface area (TPSA) is 35.6 Å². The lowest BCUT2D eigenvalue weighted by atomic mass is 9.83. The lowest BCUT2D eigenvalue weighted by Crippen LogP contribution is -2.61. The zero-order chi connectivity index (χ0) is 20.3. The maximum atomic E-state index is 13.3. The standard InChI is InChI=1S/C26H27N3O/c30-26(27-18-20-9-3-1-4-10-20)23-17-21-11-7-8-14-24(21)29-16-15-28(19-25(23)29)22-12-5-2-6-13-22/h1-14,23,25H,15-19H2,(H,27,30)/t23-,25+/m1/s1. The van der Waals surface area contributed by atoms with Gasteiger partial charge in [-0.15, -0.1) is 0 Å². The average molecular weight is 398 g/mol. The summed E-state index contributed by atoms with van der Waals surface area (Å²) in [5, 5.41) is 3.20. The molecule has 0 spiro atoms. The van der Waals surface area contributed by atoms with Gasteiger partial charge in [-0.1, -0.05) is 66.7 Å². The van der Waals surface area contributed by atoms with E-state index >= 15 is 0 Å². The molecule has 1 N–H and O–H groups in total. The first kappa shape index (κ1) is 18.7. The van der Waals surface area contributed by atoms with Crippen LogP contribution in [0.5, 0.6) is 0 Å². The molecule has 0 radical (unpaired) electrons. The van der Waals surface area contributed by atoms with Crippen molar-refractivity contribution in [2.75, 3.05) is 29.4 Å². The van der Waals surface area contributed by atoms with Gasteiger partial charge in [-0.2, -0.15) is 0 Å². The molecule has 30 heavy (non-hydrogen) atoms. The SMILES string of the molecule is O=C(NCc1ccccc1)[C@@H]1Cc2ccccc2N2CCN(c3ccccc3)C[C@@H]12. The van der Waals surface area contributed by atoms with E-state index in [1.165, 1.54) is 16.9 Å². The number of amides is 1. The van der Waals surface area contributed by atoms with E-state index in [1.807, 2.05) is 18.2 Å². The van der Waals surface area contributed by atoms with Crippen molar-refractivity contribution in [2.45, 2.75) is 19.0 Å². The van der Waals surface area contributed by atoms with Crippen molar-refractivity contribution in [3.05, 3.63) is 96.1 Å². The van der Waals surface area contributed by atoms with Crippen molar-refractivity contribution in [2.24, 2.45) is 5.92 Å². The Morgan fingerprint density at radius 3 is 2.37 bits per heavy atom. The predicted molar refractivity (Wildman–Crippen MR) is 122 cm³/mol. The number of para-hydroxylation sites is 2. The maximum Gasteiger partial charge on any atom is 0.225 e. The van der Waals surface area contributed by atoms with E-state index in [4.69, 9.17) is 0 Å². The number of nitrogens with zero attached hydrogens (tertiary/aromatic N) is 2. The Morgan fingerprint density at radius 2 is 1.57 bits per heavy atom. The van der Waals surface area contributed by atoms with Gasteiger partial charge in [0.05, 0.1) is 12.0 Å². The van der Waals surface area contributed by atoms with Crippen LogP contribution in [0, 0.1) is 5.92 Å². The molecule has 0 aliphatic carbocycles. The van der Waals surface area contributed by atoms with Crippen LogP contribution in [-0.4, -0.2) is 31.6 Å². The van der Waals surface area contributed by atoms with Crippen LogP contribution in [0.2, 0.25) is 0 Å². The zero-order valence-electron chi connectivity index (χ0n) is 17.1. The van der Waals surface area contributed by atoms with Crippen molar-refractivity contribution in [1.82, 2.24) is 5.32 Å². The van der Waals surface area contributed by atoms with E-state index in [0.717, 1.165) is 31.6 Å². The van der Waals surface area contributed by atoms with E-state index in [-0.39, 0.29) is 17.9 Å². The lowest BCUT2D eigenvalue weighted by molar-refractivity contribution is -0.126. The highest BCUT2D eigenvalue weighted by atomic mass is 16.1. The van der Waals surface area contributed by atoms with Gasteiger partial charge in [0.25, 0.3) is 0 Å². The first-order chi connectivity index (χ1) is 14.8. The molecule has 2 heterocycles. The molecule has 1 amide bonds. The fourth-order valence-corrected chi connectivity index (χ4v) is 4.85. The van der Waals surface area contributed by atoms with Crippen LogP contribution < -0.4 is 15.1 Å². The summed E-state index contributed by atoms with van der Waals surface area (Å²) < 4.78 is 0. The number of hydrogen-bond donors (Lipinski definition) is 1. The van der Waals surface area contributed by atoms with Crippen molar-refractivity contribution >= 4 is 17.3 Å². The highest BCUT2D eigenvalue weighted by Crippen LogP contribution is 2.36. The third-order valence-corrected chi connectivity index (χ3v) is 6.39. The largest absolute Gasteiger partial charge is 0.368 e. The number of benzene rings is 3. The molecule has 5 rings (SSSR count). The second-order valence-electron chi connectivity index (χ2n) is 8.19. The summed E-state index contributed by atoms with van der Waals surface area (Å²) in [6.07, 6.45) is 0.792. The first-order valence-electron chi connectivity index (χ1n) is 10.8. The molecule has 0 bridgehead atoms. The van der Waals surface area contributed by atoms with Gasteiger partial charge in [0.15, 0.2) is 0 Å². The van der Waals surface area contributed by atoms with E-state index in [1.54, 1.807) is 0 Å². The number of carbonyl (C=O) groups is 1. The van der Waals surface area contributed by atoms with Gasteiger partial charge < -0.3 is 15.1 Å². The van der Waals surface area contributed by atoms with E-state index < -0.39 is 0 Å². The molecule has 2 aliphatic rings. The van der Waals surface area contributed by atoms with Gasteiger partial charge in [0.1, 0.15) is 0 Å². The fourth-order valence-electron chi connectivity index (χ4n) is 4.85. The third-order valence-electron chi connectivity index (χ3n) is 6.39. The summed E-state index contributed by atoms with van der Waals surface area (Å²) in [6.45, 7) is 3.33. The van der Waals surface area contributed by atoms with Gasteiger partial charge in [-0.25, -0.2) is 0 Å². The minimum Gasteiger partial charge on any atom is -0.368 e. The molecule has 0 saturated carbocycles. The fraction of sp³-hybridized carbons (Fsp3) is 0.269. The molecule has 0 aromatic heterocycles. The smallest absolute Gasteiger partial charge is 0.225 e. The quantitative estimate of drug-likeness (QED) is 0.726. The Bertz CT molecular complexity index is 1010. The van der Waals surface area contributed by atoms with E-state index in [0.29, 0.717) is 6.54 Å². The molecule has 2 aliphatic heterocycles. The number of hydrogen-bond acceptors (Lipinski definition) is 3. The summed E-state index contributed by atoms with van der Waals surface area (Å²) in [6, 6.07) is 29.4. The van der Waals surface area contributed by atoms with Crippen LogP contribution in [0.25, 0.3) is 0 Å². The molecule has 2 atom stereocenters. The second kappa shape index (κ2) is 8.23. The van der Waals surface area contributed by atoms with Crippen molar-refractivity contribution < 1.29 is 4.79 Å². The predicted octanol–water partition coefficient (Wildman–Crippen LogP) is 3.87. The third kappa shape index (κ3) is 3.65.